The van der Waals surface area contributed by atoms with E-state index in [9.17, 15) is 4.79 Å². The molecular formula is C20H19NO3S2. The van der Waals surface area contributed by atoms with Gasteiger partial charge in [0.2, 0.25) is 0 Å². The average molecular weight is 386 g/mol. The van der Waals surface area contributed by atoms with Crippen LogP contribution in [0.1, 0.15) is 16.7 Å². The van der Waals surface area contributed by atoms with Crippen molar-refractivity contribution in [2.45, 2.75) is 13.8 Å². The molecule has 6 heteroatoms. The number of carbonyl (C=O) groups is 1. The number of thiocarbonyl (C=S) groups is 1. The lowest BCUT2D eigenvalue weighted by Gasteiger charge is -2.18. The van der Waals surface area contributed by atoms with Crippen molar-refractivity contribution in [3.63, 3.8) is 0 Å². The summed E-state index contributed by atoms with van der Waals surface area (Å²) in [6, 6.07) is 11.4. The lowest BCUT2D eigenvalue weighted by molar-refractivity contribution is -0.113. The van der Waals surface area contributed by atoms with Crippen LogP contribution in [0.4, 0.5) is 5.69 Å². The van der Waals surface area contributed by atoms with Crippen molar-refractivity contribution in [2.24, 2.45) is 0 Å². The maximum absolute atomic E-state index is 13.0. The summed E-state index contributed by atoms with van der Waals surface area (Å²) >= 11 is 6.77. The average Bonchev–Trinajstić information content (AvgIpc) is 2.91. The Hall–Kier alpha value is -2.31. The topological polar surface area (TPSA) is 38.8 Å². The number of methoxy groups -OCH3 is 2. The van der Waals surface area contributed by atoms with Crippen LogP contribution in [0.3, 0.4) is 0 Å². The second kappa shape index (κ2) is 7.51. The fourth-order valence-electron chi connectivity index (χ4n) is 2.73. The molecule has 0 unspecified atom stereocenters. The van der Waals surface area contributed by atoms with Crippen molar-refractivity contribution in [3.05, 3.63) is 58.0 Å². The van der Waals surface area contributed by atoms with Gasteiger partial charge >= 0.3 is 0 Å². The number of amides is 1. The monoisotopic (exact) mass is 385 g/mol. The zero-order chi connectivity index (χ0) is 18.8. The van der Waals surface area contributed by atoms with E-state index in [0.29, 0.717) is 20.7 Å². The molecule has 1 fully saturated rings. The summed E-state index contributed by atoms with van der Waals surface area (Å²) in [5.74, 6) is 1.22. The summed E-state index contributed by atoms with van der Waals surface area (Å²) in [7, 11) is 3.19. The van der Waals surface area contributed by atoms with Crippen LogP contribution in [0.25, 0.3) is 6.08 Å². The van der Waals surface area contributed by atoms with E-state index in [2.05, 4.69) is 0 Å². The number of benzene rings is 2. The highest BCUT2D eigenvalue weighted by Gasteiger charge is 2.34. The van der Waals surface area contributed by atoms with Crippen LogP contribution in [-0.2, 0) is 4.79 Å². The molecule has 1 aliphatic heterocycles. The first-order valence-electron chi connectivity index (χ1n) is 8.02. The van der Waals surface area contributed by atoms with E-state index in [-0.39, 0.29) is 5.91 Å². The fourth-order valence-corrected chi connectivity index (χ4v) is 4.01. The Morgan fingerprint density at radius 2 is 1.88 bits per heavy atom. The molecule has 1 aliphatic rings. The number of ether oxygens (including phenoxy) is 2. The van der Waals surface area contributed by atoms with Gasteiger partial charge in [-0.25, -0.2) is 0 Å². The molecule has 4 nitrogen and oxygen atoms in total. The largest absolute Gasteiger partial charge is 0.497 e. The van der Waals surface area contributed by atoms with E-state index < -0.39 is 0 Å². The quantitative estimate of drug-likeness (QED) is 0.562. The molecule has 1 saturated heterocycles. The molecule has 2 aromatic rings. The minimum absolute atomic E-state index is 0.119. The molecule has 0 spiro atoms. The normalized spacial score (nSPS) is 15.7. The number of anilines is 1. The highest BCUT2D eigenvalue weighted by Crippen LogP contribution is 2.39. The van der Waals surface area contributed by atoms with Gasteiger partial charge < -0.3 is 9.47 Å². The number of nitrogens with zero attached hydrogens (tertiary/aromatic N) is 1. The standard InChI is InChI=1S/C20H19NO3S2/c1-12-6-5-7-16(13(12)2)21-19(22)18(26-20(21)25)10-14-8-9-15(23-3)11-17(14)24-4/h5-11H,1-4H3. The second-order valence-corrected chi connectivity index (χ2v) is 7.52. The van der Waals surface area contributed by atoms with Crippen LogP contribution in [0.2, 0.25) is 0 Å². The summed E-state index contributed by atoms with van der Waals surface area (Å²) in [6.07, 6.45) is 1.81. The number of thioether (sulfide) groups is 1. The van der Waals surface area contributed by atoms with Crippen molar-refractivity contribution in [1.29, 1.82) is 0 Å². The maximum atomic E-state index is 13.0. The van der Waals surface area contributed by atoms with E-state index in [1.807, 2.05) is 50.3 Å². The minimum atomic E-state index is -0.119. The third-order valence-electron chi connectivity index (χ3n) is 4.34. The van der Waals surface area contributed by atoms with E-state index in [0.717, 1.165) is 22.4 Å². The van der Waals surface area contributed by atoms with Crippen molar-refractivity contribution >= 4 is 46.0 Å². The SMILES string of the molecule is COc1ccc(C=C2SC(=S)N(c3cccc(C)c3C)C2=O)c(OC)c1. The van der Waals surface area contributed by atoms with Crippen LogP contribution in [0, 0.1) is 13.8 Å². The maximum Gasteiger partial charge on any atom is 0.270 e. The van der Waals surface area contributed by atoms with Crippen LogP contribution in [0.15, 0.2) is 41.3 Å². The molecule has 0 atom stereocenters. The van der Waals surface area contributed by atoms with Gasteiger partial charge in [0, 0.05) is 11.6 Å². The number of aryl methyl sites for hydroxylation is 1. The minimum Gasteiger partial charge on any atom is -0.497 e. The smallest absolute Gasteiger partial charge is 0.270 e. The molecule has 134 valence electrons. The van der Waals surface area contributed by atoms with E-state index in [1.165, 1.54) is 11.8 Å². The van der Waals surface area contributed by atoms with Crippen LogP contribution >= 0.6 is 24.0 Å². The summed E-state index contributed by atoms with van der Waals surface area (Å²) in [5.41, 5.74) is 3.80. The molecule has 2 aromatic carbocycles. The number of carbonyl (C=O) groups excluding carboxylic acids is 1. The summed E-state index contributed by atoms with van der Waals surface area (Å²) in [6.45, 7) is 4.02. The Balaban J connectivity index is 1.99. The molecule has 1 heterocycles. The van der Waals surface area contributed by atoms with Crippen LogP contribution < -0.4 is 14.4 Å². The molecule has 0 bridgehead atoms. The highest BCUT2D eigenvalue weighted by molar-refractivity contribution is 8.27. The van der Waals surface area contributed by atoms with Gasteiger partial charge in [0.15, 0.2) is 4.32 Å². The Morgan fingerprint density at radius 1 is 1.12 bits per heavy atom. The zero-order valence-electron chi connectivity index (χ0n) is 15.0. The van der Waals surface area contributed by atoms with Gasteiger partial charge in [0.25, 0.3) is 5.91 Å². The summed E-state index contributed by atoms with van der Waals surface area (Å²) in [5, 5.41) is 0. The molecule has 3 rings (SSSR count). The van der Waals surface area contributed by atoms with E-state index in [4.69, 9.17) is 21.7 Å². The van der Waals surface area contributed by atoms with Crippen molar-refractivity contribution < 1.29 is 14.3 Å². The predicted molar refractivity (Wildman–Crippen MR) is 111 cm³/mol. The highest BCUT2D eigenvalue weighted by atomic mass is 32.2. The van der Waals surface area contributed by atoms with E-state index in [1.54, 1.807) is 25.2 Å². The van der Waals surface area contributed by atoms with Gasteiger partial charge in [-0.3, -0.25) is 9.69 Å². The van der Waals surface area contributed by atoms with E-state index >= 15 is 0 Å². The Morgan fingerprint density at radius 3 is 2.58 bits per heavy atom. The van der Waals surface area contributed by atoms with Gasteiger partial charge in [-0.1, -0.05) is 36.1 Å². The summed E-state index contributed by atoms with van der Waals surface area (Å²) < 4.78 is 11.2. The molecule has 0 saturated carbocycles. The first-order chi connectivity index (χ1) is 12.5. The van der Waals surface area contributed by atoms with Gasteiger partial charge in [0.05, 0.1) is 24.8 Å². The van der Waals surface area contributed by atoms with Crippen molar-refractivity contribution in [3.8, 4) is 11.5 Å². The first kappa shape index (κ1) is 18.5. The van der Waals surface area contributed by atoms with Gasteiger partial charge in [-0.15, -0.1) is 0 Å². The molecule has 0 N–H and O–H groups in total. The molecule has 26 heavy (non-hydrogen) atoms. The van der Waals surface area contributed by atoms with Crippen LogP contribution in [0.5, 0.6) is 11.5 Å². The second-order valence-electron chi connectivity index (χ2n) is 5.84. The zero-order valence-corrected chi connectivity index (χ0v) is 16.7. The third kappa shape index (κ3) is 3.34. The first-order valence-corrected chi connectivity index (χ1v) is 9.25. The van der Waals surface area contributed by atoms with Crippen molar-refractivity contribution in [1.82, 2.24) is 0 Å². The van der Waals surface area contributed by atoms with Gasteiger partial charge in [0.1, 0.15) is 11.5 Å². The number of hydrogen-bond donors (Lipinski definition) is 0. The summed E-state index contributed by atoms with van der Waals surface area (Å²) in [4.78, 5) is 15.2. The Bertz CT molecular complexity index is 921. The fraction of sp³-hybridized carbons (Fsp3) is 0.200. The van der Waals surface area contributed by atoms with Gasteiger partial charge in [-0.2, -0.15) is 0 Å². The lowest BCUT2D eigenvalue weighted by Crippen LogP contribution is -2.28. The Kier molecular flexibility index (Phi) is 5.34. The van der Waals surface area contributed by atoms with Gasteiger partial charge in [-0.05, 0) is 49.2 Å². The predicted octanol–water partition coefficient (Wildman–Crippen LogP) is 4.73. The number of rotatable bonds is 4. The van der Waals surface area contributed by atoms with Crippen LogP contribution in [-0.4, -0.2) is 24.4 Å². The molecular weight excluding hydrogens is 366 g/mol. The molecule has 0 aliphatic carbocycles. The Labute approximate surface area is 162 Å². The molecule has 0 aromatic heterocycles. The van der Waals surface area contributed by atoms with Crippen molar-refractivity contribution in [2.75, 3.05) is 19.1 Å². The third-order valence-corrected chi connectivity index (χ3v) is 5.64. The molecule has 1 amide bonds. The number of hydrogen-bond acceptors (Lipinski definition) is 5. The molecule has 0 radical (unpaired) electrons. The lowest BCUT2D eigenvalue weighted by atomic mass is 10.1.